The summed E-state index contributed by atoms with van der Waals surface area (Å²) < 4.78 is 29.9. The van der Waals surface area contributed by atoms with Crippen LogP contribution >= 0.6 is 0 Å². The van der Waals surface area contributed by atoms with Crippen LogP contribution in [0.5, 0.6) is 5.75 Å². The van der Waals surface area contributed by atoms with Gasteiger partial charge in [0.2, 0.25) is 0 Å². The summed E-state index contributed by atoms with van der Waals surface area (Å²) in [5.74, 6) is -2.17. The minimum Gasteiger partial charge on any atom is -0.410 e. The van der Waals surface area contributed by atoms with Gasteiger partial charge >= 0.3 is 6.09 Å². The van der Waals surface area contributed by atoms with E-state index in [1.807, 2.05) is 0 Å². The Balaban J connectivity index is 2.46. The number of carbonyl (C=O) groups excluding carboxylic acids is 1. The molecule has 2 N–H and O–H groups in total. The molecule has 1 amide bonds. The van der Waals surface area contributed by atoms with Crippen LogP contribution in [0.1, 0.15) is 6.42 Å². The molecule has 0 aromatic heterocycles. The number of ether oxygens (including phenoxy) is 1. The number of hydrogen-bond donors (Lipinski definition) is 2. The third kappa shape index (κ3) is 3.82. The molecule has 1 aromatic rings. The van der Waals surface area contributed by atoms with Gasteiger partial charge in [-0.1, -0.05) is 0 Å². The summed E-state index contributed by atoms with van der Waals surface area (Å²) in [5.41, 5.74) is 0. The van der Waals surface area contributed by atoms with E-state index < -0.39 is 17.7 Å². The Kier molecular flexibility index (Phi) is 4.65. The highest BCUT2D eigenvalue weighted by Gasteiger charge is 2.07. The second-order valence-electron chi connectivity index (χ2n) is 2.97. The summed E-state index contributed by atoms with van der Waals surface area (Å²) in [4.78, 5) is 11.1. The molecule has 4 nitrogen and oxygen atoms in total. The van der Waals surface area contributed by atoms with Crippen LogP contribution in [0.25, 0.3) is 0 Å². The molecular formula is C10H11F2NO3. The van der Waals surface area contributed by atoms with Crippen molar-refractivity contribution >= 4 is 6.09 Å². The second kappa shape index (κ2) is 6.02. The fourth-order valence-electron chi connectivity index (χ4n) is 0.953. The second-order valence-corrected chi connectivity index (χ2v) is 2.97. The lowest BCUT2D eigenvalue weighted by atomic mass is 10.3. The van der Waals surface area contributed by atoms with E-state index in [-0.39, 0.29) is 18.9 Å². The molecule has 0 aliphatic rings. The van der Waals surface area contributed by atoms with Crippen molar-refractivity contribution < 1.29 is 23.4 Å². The zero-order chi connectivity index (χ0) is 12.0. The molecule has 0 spiro atoms. The highest BCUT2D eigenvalue weighted by Crippen LogP contribution is 2.15. The average molecular weight is 231 g/mol. The molecule has 0 unspecified atom stereocenters. The Morgan fingerprint density at radius 1 is 1.38 bits per heavy atom. The maximum absolute atomic E-state index is 12.7. The summed E-state index contributed by atoms with van der Waals surface area (Å²) in [6.07, 6.45) is -0.383. The van der Waals surface area contributed by atoms with Gasteiger partial charge in [0.15, 0.2) is 11.6 Å². The molecule has 0 radical (unpaired) electrons. The Morgan fingerprint density at radius 2 is 2.12 bits per heavy atom. The van der Waals surface area contributed by atoms with E-state index in [9.17, 15) is 13.6 Å². The van der Waals surface area contributed by atoms with E-state index in [0.717, 1.165) is 18.2 Å². The molecule has 0 bridgehead atoms. The van der Waals surface area contributed by atoms with Crippen molar-refractivity contribution in [3.8, 4) is 5.75 Å². The Labute approximate surface area is 90.8 Å². The molecular weight excluding hydrogens is 220 g/mol. The van der Waals surface area contributed by atoms with Crippen LogP contribution in [0.15, 0.2) is 18.2 Å². The highest BCUT2D eigenvalue weighted by molar-refractivity contribution is 5.70. The summed E-state index contributed by atoms with van der Waals surface area (Å²) >= 11 is 0. The van der Waals surface area contributed by atoms with Crippen LogP contribution in [0.4, 0.5) is 13.6 Å². The molecule has 88 valence electrons. The van der Waals surface area contributed by atoms with Crippen molar-refractivity contribution in [1.29, 1.82) is 0 Å². The smallest absolute Gasteiger partial charge is 0.410 e. The summed E-state index contributed by atoms with van der Waals surface area (Å²) in [5, 5.41) is 10.8. The van der Waals surface area contributed by atoms with Crippen molar-refractivity contribution in [2.45, 2.75) is 6.42 Å². The van der Waals surface area contributed by atoms with E-state index in [4.69, 9.17) is 5.11 Å². The van der Waals surface area contributed by atoms with Gasteiger partial charge in [0.1, 0.15) is 5.75 Å². The lowest BCUT2D eigenvalue weighted by Gasteiger charge is -2.05. The van der Waals surface area contributed by atoms with Crippen LogP contribution in [-0.2, 0) is 0 Å². The van der Waals surface area contributed by atoms with Gasteiger partial charge in [0, 0.05) is 19.2 Å². The number of aliphatic hydroxyl groups is 1. The number of carbonyl (C=O) groups is 1. The fraction of sp³-hybridized carbons (Fsp3) is 0.300. The lowest BCUT2D eigenvalue weighted by molar-refractivity contribution is 0.198. The van der Waals surface area contributed by atoms with E-state index in [1.165, 1.54) is 0 Å². The van der Waals surface area contributed by atoms with E-state index in [0.29, 0.717) is 6.42 Å². The van der Waals surface area contributed by atoms with Gasteiger partial charge in [-0.25, -0.2) is 13.6 Å². The monoisotopic (exact) mass is 231 g/mol. The number of hydrogen-bond acceptors (Lipinski definition) is 3. The molecule has 0 aliphatic heterocycles. The summed E-state index contributed by atoms with van der Waals surface area (Å²) in [6.45, 7) is 0.199. The van der Waals surface area contributed by atoms with Crippen molar-refractivity contribution in [2.24, 2.45) is 0 Å². The predicted molar refractivity (Wildman–Crippen MR) is 52.1 cm³/mol. The van der Waals surface area contributed by atoms with Crippen LogP contribution in [0.2, 0.25) is 0 Å². The highest BCUT2D eigenvalue weighted by atomic mass is 19.2. The van der Waals surface area contributed by atoms with Gasteiger partial charge in [-0.05, 0) is 18.6 Å². The maximum Gasteiger partial charge on any atom is 0.412 e. The van der Waals surface area contributed by atoms with Gasteiger partial charge in [-0.3, -0.25) is 0 Å². The first-order valence-electron chi connectivity index (χ1n) is 4.65. The SMILES string of the molecule is O=C(NCCCO)Oc1ccc(F)c(F)c1. The van der Waals surface area contributed by atoms with E-state index in [1.54, 1.807) is 0 Å². The molecule has 6 heteroatoms. The molecule has 0 saturated carbocycles. The first-order valence-corrected chi connectivity index (χ1v) is 4.65. The van der Waals surface area contributed by atoms with Crippen molar-refractivity contribution in [3.63, 3.8) is 0 Å². The summed E-state index contributed by atoms with van der Waals surface area (Å²) in [6, 6.07) is 2.79. The topological polar surface area (TPSA) is 58.6 Å². The lowest BCUT2D eigenvalue weighted by Crippen LogP contribution is -2.28. The number of nitrogens with one attached hydrogen (secondary N) is 1. The molecule has 1 rings (SSSR count). The van der Waals surface area contributed by atoms with Crippen LogP contribution in [-0.4, -0.2) is 24.4 Å². The normalized spacial score (nSPS) is 9.94. The molecule has 0 fully saturated rings. The number of halogens is 2. The molecule has 0 atom stereocenters. The number of amides is 1. The van der Waals surface area contributed by atoms with E-state index >= 15 is 0 Å². The quantitative estimate of drug-likeness (QED) is 0.771. The van der Waals surface area contributed by atoms with Gasteiger partial charge in [0.25, 0.3) is 0 Å². The third-order valence-electron chi connectivity index (χ3n) is 1.71. The first kappa shape index (κ1) is 12.4. The first-order chi connectivity index (χ1) is 7.63. The zero-order valence-electron chi connectivity index (χ0n) is 8.37. The Hall–Kier alpha value is -1.69. The fourth-order valence-corrected chi connectivity index (χ4v) is 0.953. The van der Waals surface area contributed by atoms with Gasteiger partial charge in [-0.2, -0.15) is 0 Å². The number of rotatable bonds is 4. The molecule has 16 heavy (non-hydrogen) atoms. The number of benzene rings is 1. The van der Waals surface area contributed by atoms with Gasteiger partial charge < -0.3 is 15.2 Å². The van der Waals surface area contributed by atoms with Crippen molar-refractivity contribution in [1.82, 2.24) is 5.32 Å². The molecule has 1 aromatic carbocycles. The maximum atomic E-state index is 12.7. The Bertz CT molecular complexity index is 371. The summed E-state index contributed by atoms with van der Waals surface area (Å²) in [7, 11) is 0. The molecule has 0 saturated heterocycles. The van der Waals surface area contributed by atoms with Crippen LogP contribution < -0.4 is 10.1 Å². The van der Waals surface area contributed by atoms with Crippen LogP contribution in [0, 0.1) is 11.6 Å². The van der Waals surface area contributed by atoms with Crippen molar-refractivity contribution in [2.75, 3.05) is 13.2 Å². The predicted octanol–water partition coefficient (Wildman–Crippen LogP) is 1.44. The van der Waals surface area contributed by atoms with Crippen LogP contribution in [0.3, 0.4) is 0 Å². The van der Waals surface area contributed by atoms with Gasteiger partial charge in [-0.15, -0.1) is 0 Å². The minimum atomic E-state index is -1.08. The van der Waals surface area contributed by atoms with E-state index in [2.05, 4.69) is 10.1 Å². The number of aliphatic hydroxyl groups excluding tert-OH is 1. The minimum absolute atomic E-state index is 0.0501. The molecule has 0 aliphatic carbocycles. The third-order valence-corrected chi connectivity index (χ3v) is 1.71. The molecule has 0 heterocycles. The zero-order valence-corrected chi connectivity index (χ0v) is 8.37. The average Bonchev–Trinajstić information content (AvgIpc) is 2.24. The van der Waals surface area contributed by atoms with Gasteiger partial charge in [0.05, 0.1) is 0 Å². The standard InChI is InChI=1S/C10H11F2NO3/c11-8-3-2-7(6-9(8)12)16-10(15)13-4-1-5-14/h2-3,6,14H,1,4-5H2,(H,13,15). The van der Waals surface area contributed by atoms with Crippen molar-refractivity contribution in [3.05, 3.63) is 29.8 Å². The Morgan fingerprint density at radius 3 is 2.75 bits per heavy atom. The largest absolute Gasteiger partial charge is 0.412 e.